The third kappa shape index (κ3) is 4.57. The van der Waals surface area contributed by atoms with Crippen LogP contribution in [-0.4, -0.2) is 35.6 Å². The molecular weight excluding hydrogens is 360 g/mol. The highest BCUT2D eigenvalue weighted by atomic mass is 32.1. The molecule has 0 aliphatic carbocycles. The molecule has 0 unspecified atom stereocenters. The van der Waals surface area contributed by atoms with Gasteiger partial charge in [-0.3, -0.25) is 15.5 Å². The van der Waals surface area contributed by atoms with Crippen molar-refractivity contribution in [3.63, 3.8) is 0 Å². The number of nitrogens with zero attached hydrogens (tertiary/aromatic N) is 2. The average molecular weight is 376 g/mol. The smallest absolute Gasteiger partial charge is 0.315 e. The highest BCUT2D eigenvalue weighted by Gasteiger charge is 2.19. The molecule has 0 aliphatic rings. The van der Waals surface area contributed by atoms with Crippen molar-refractivity contribution in [2.75, 3.05) is 19.5 Å². The van der Waals surface area contributed by atoms with Gasteiger partial charge in [-0.15, -0.1) is 0 Å². The van der Waals surface area contributed by atoms with E-state index in [2.05, 4.69) is 15.8 Å². The number of ether oxygens (including phenoxy) is 2. The molecular formula is C16H16N4O5S. The van der Waals surface area contributed by atoms with Crippen LogP contribution in [0.25, 0.3) is 0 Å². The number of nitro groups is 1. The van der Waals surface area contributed by atoms with Gasteiger partial charge in [0.1, 0.15) is 5.75 Å². The maximum atomic E-state index is 11.0. The van der Waals surface area contributed by atoms with Gasteiger partial charge in [0.2, 0.25) is 5.75 Å². The number of phenols is 1. The standard InChI is InChI=1S/C16H16N4O5S/c1-24-13-6-4-3-5-11(13)18-16(26)19-17-9-10-7-12(20(22)23)15(21)14(8-10)25-2/h3-9,21H,1-2H3,(H2,18,19,26)/b17-9-. The second kappa shape index (κ2) is 8.62. The van der Waals surface area contributed by atoms with Crippen molar-refractivity contribution in [2.45, 2.75) is 0 Å². The van der Waals surface area contributed by atoms with E-state index >= 15 is 0 Å². The number of benzene rings is 2. The van der Waals surface area contributed by atoms with E-state index in [4.69, 9.17) is 21.7 Å². The Balaban J connectivity index is 2.09. The fraction of sp³-hybridized carbons (Fsp3) is 0.125. The zero-order valence-electron chi connectivity index (χ0n) is 13.9. The highest BCUT2D eigenvalue weighted by molar-refractivity contribution is 7.80. The number of para-hydroxylation sites is 2. The average Bonchev–Trinajstić information content (AvgIpc) is 2.63. The van der Waals surface area contributed by atoms with Gasteiger partial charge in [-0.1, -0.05) is 12.1 Å². The molecule has 0 saturated heterocycles. The number of rotatable bonds is 6. The van der Waals surface area contributed by atoms with Crippen LogP contribution in [0.5, 0.6) is 17.2 Å². The summed E-state index contributed by atoms with van der Waals surface area (Å²) in [5, 5.41) is 27.8. The van der Waals surface area contributed by atoms with Crippen molar-refractivity contribution < 1.29 is 19.5 Å². The first-order valence-corrected chi connectivity index (χ1v) is 7.65. The van der Waals surface area contributed by atoms with Gasteiger partial charge >= 0.3 is 5.69 Å². The molecule has 0 fully saturated rings. The molecule has 0 aromatic heterocycles. The monoisotopic (exact) mass is 376 g/mol. The molecule has 0 radical (unpaired) electrons. The Bertz CT molecular complexity index is 857. The third-order valence-electron chi connectivity index (χ3n) is 3.23. The number of hydrogen-bond donors (Lipinski definition) is 3. The molecule has 0 amide bonds. The number of nitro benzene ring substituents is 1. The lowest BCUT2D eigenvalue weighted by Gasteiger charge is -2.10. The van der Waals surface area contributed by atoms with Crippen molar-refractivity contribution >= 4 is 34.9 Å². The summed E-state index contributed by atoms with van der Waals surface area (Å²) < 4.78 is 10.1. The fourth-order valence-corrected chi connectivity index (χ4v) is 2.21. The number of hydrazone groups is 1. The summed E-state index contributed by atoms with van der Waals surface area (Å²) in [5.41, 5.74) is 3.11. The van der Waals surface area contributed by atoms with Crippen molar-refractivity contribution in [1.29, 1.82) is 0 Å². The largest absolute Gasteiger partial charge is 0.500 e. The number of anilines is 1. The molecule has 10 heteroatoms. The first-order valence-electron chi connectivity index (χ1n) is 7.24. The number of phenolic OH excluding ortho intramolecular Hbond substituents is 1. The van der Waals surface area contributed by atoms with Gasteiger partial charge < -0.3 is 19.9 Å². The normalized spacial score (nSPS) is 10.4. The molecule has 136 valence electrons. The second-order valence-electron chi connectivity index (χ2n) is 4.87. The molecule has 0 saturated carbocycles. The van der Waals surface area contributed by atoms with Gasteiger partial charge in [-0.05, 0) is 30.4 Å². The Morgan fingerprint density at radius 3 is 2.62 bits per heavy atom. The quantitative estimate of drug-likeness (QED) is 0.305. The predicted octanol–water partition coefficient (Wildman–Crippen LogP) is 2.64. The summed E-state index contributed by atoms with van der Waals surface area (Å²) >= 11 is 5.13. The minimum absolute atomic E-state index is 0.0321. The minimum atomic E-state index is -0.712. The molecule has 0 spiro atoms. The summed E-state index contributed by atoms with van der Waals surface area (Å²) in [5.74, 6) is 0.0332. The van der Waals surface area contributed by atoms with E-state index < -0.39 is 16.4 Å². The van der Waals surface area contributed by atoms with E-state index in [-0.39, 0.29) is 10.9 Å². The van der Waals surface area contributed by atoms with Gasteiger partial charge in [-0.2, -0.15) is 5.10 Å². The molecule has 9 nitrogen and oxygen atoms in total. The fourth-order valence-electron chi connectivity index (χ4n) is 2.05. The van der Waals surface area contributed by atoms with Crippen LogP contribution in [0.4, 0.5) is 11.4 Å². The highest BCUT2D eigenvalue weighted by Crippen LogP contribution is 2.36. The molecule has 26 heavy (non-hydrogen) atoms. The van der Waals surface area contributed by atoms with Crippen LogP contribution in [0.2, 0.25) is 0 Å². The minimum Gasteiger partial charge on any atom is -0.500 e. The van der Waals surface area contributed by atoms with E-state index in [0.29, 0.717) is 17.0 Å². The summed E-state index contributed by atoms with van der Waals surface area (Å²) in [7, 11) is 2.84. The molecule has 0 heterocycles. The second-order valence-corrected chi connectivity index (χ2v) is 5.28. The predicted molar refractivity (Wildman–Crippen MR) is 101 cm³/mol. The van der Waals surface area contributed by atoms with E-state index in [1.807, 2.05) is 12.1 Å². The SMILES string of the molecule is COc1ccccc1NC(=S)N/N=C\c1cc(OC)c(O)c([N+](=O)[O-])c1. The molecule has 2 aromatic carbocycles. The van der Waals surface area contributed by atoms with Gasteiger partial charge in [0.25, 0.3) is 0 Å². The topological polar surface area (TPSA) is 118 Å². The van der Waals surface area contributed by atoms with Crippen LogP contribution in [0.3, 0.4) is 0 Å². The van der Waals surface area contributed by atoms with E-state index in [0.717, 1.165) is 0 Å². The number of aromatic hydroxyl groups is 1. The lowest BCUT2D eigenvalue weighted by atomic mass is 10.2. The van der Waals surface area contributed by atoms with Gasteiger partial charge in [0, 0.05) is 11.6 Å². The lowest BCUT2D eigenvalue weighted by molar-refractivity contribution is -0.386. The first kappa shape index (κ1) is 18.9. The zero-order valence-corrected chi connectivity index (χ0v) is 14.7. The Hall–Kier alpha value is -3.40. The Morgan fingerprint density at radius 2 is 1.96 bits per heavy atom. The summed E-state index contributed by atoms with van der Waals surface area (Å²) in [6.45, 7) is 0. The van der Waals surface area contributed by atoms with Crippen LogP contribution >= 0.6 is 12.2 Å². The summed E-state index contributed by atoms with van der Waals surface area (Å²) in [6, 6.07) is 9.77. The van der Waals surface area contributed by atoms with Gasteiger partial charge in [-0.25, -0.2) is 0 Å². The van der Waals surface area contributed by atoms with E-state index in [1.165, 1.54) is 25.5 Å². The number of nitrogens with one attached hydrogen (secondary N) is 2. The Kier molecular flexibility index (Phi) is 6.28. The van der Waals surface area contributed by atoms with Crippen LogP contribution in [0, 0.1) is 10.1 Å². The lowest BCUT2D eigenvalue weighted by Crippen LogP contribution is -2.24. The summed E-state index contributed by atoms with van der Waals surface area (Å²) in [4.78, 5) is 10.3. The van der Waals surface area contributed by atoms with Crippen LogP contribution in [0.15, 0.2) is 41.5 Å². The number of thiocarbonyl (C=S) groups is 1. The number of hydrogen-bond acceptors (Lipinski definition) is 7. The van der Waals surface area contributed by atoms with Crippen LogP contribution < -0.4 is 20.2 Å². The molecule has 2 aromatic rings. The van der Waals surface area contributed by atoms with Gasteiger partial charge in [0.05, 0.1) is 31.0 Å². The molecule has 0 aliphatic heterocycles. The maximum absolute atomic E-state index is 11.0. The molecule has 3 N–H and O–H groups in total. The van der Waals surface area contributed by atoms with E-state index in [9.17, 15) is 15.2 Å². The number of methoxy groups -OCH3 is 2. The van der Waals surface area contributed by atoms with Crippen molar-refractivity contribution in [2.24, 2.45) is 5.10 Å². The van der Waals surface area contributed by atoms with E-state index in [1.54, 1.807) is 19.2 Å². The van der Waals surface area contributed by atoms with Gasteiger partial charge in [0.15, 0.2) is 10.9 Å². The Morgan fingerprint density at radius 1 is 1.27 bits per heavy atom. The van der Waals surface area contributed by atoms with Crippen LogP contribution in [-0.2, 0) is 0 Å². The van der Waals surface area contributed by atoms with Crippen molar-refractivity contribution in [3.05, 3.63) is 52.1 Å². The maximum Gasteiger partial charge on any atom is 0.315 e. The van der Waals surface area contributed by atoms with Crippen molar-refractivity contribution in [3.8, 4) is 17.2 Å². The third-order valence-corrected chi connectivity index (χ3v) is 3.42. The van der Waals surface area contributed by atoms with Crippen molar-refractivity contribution in [1.82, 2.24) is 5.43 Å². The summed E-state index contributed by atoms with van der Waals surface area (Å²) in [6.07, 6.45) is 1.31. The first-order chi connectivity index (χ1) is 12.5. The Labute approximate surface area is 154 Å². The molecule has 0 atom stereocenters. The zero-order chi connectivity index (χ0) is 19.1. The molecule has 2 rings (SSSR count). The van der Waals surface area contributed by atoms with Crippen LogP contribution in [0.1, 0.15) is 5.56 Å². The molecule has 0 bridgehead atoms.